The molecule has 2 aromatic heterocycles. The van der Waals surface area contributed by atoms with Crippen molar-refractivity contribution in [1.29, 1.82) is 0 Å². The van der Waals surface area contributed by atoms with Gasteiger partial charge in [-0.1, -0.05) is 5.16 Å². The highest BCUT2D eigenvalue weighted by Gasteiger charge is 2.30. The second kappa shape index (κ2) is 6.93. The van der Waals surface area contributed by atoms with E-state index in [2.05, 4.69) is 20.7 Å². The number of carbonyl (C=O) groups excluding carboxylic acids is 2. The molecule has 2 N–H and O–H groups in total. The van der Waals surface area contributed by atoms with E-state index in [4.69, 9.17) is 4.52 Å². The van der Waals surface area contributed by atoms with E-state index in [0.717, 1.165) is 49.9 Å². The van der Waals surface area contributed by atoms with Crippen LogP contribution in [0, 0.1) is 12.8 Å². The van der Waals surface area contributed by atoms with Gasteiger partial charge in [0.2, 0.25) is 0 Å². The third-order valence-electron chi connectivity index (χ3n) is 5.23. The number of likely N-dealkylation sites (tertiary alicyclic amines) is 1. The summed E-state index contributed by atoms with van der Waals surface area (Å²) in [7, 11) is 0. The van der Waals surface area contributed by atoms with Gasteiger partial charge in [-0.25, -0.2) is 0 Å². The standard InChI is InChI=1S/C18H23N5O3/c1-11-8-15(22-26-11)17(24)19-9-12-4-3-7-23(10-12)18(25)16-13-5-2-6-14(13)20-21-16/h8,12H,2-7,9-10H2,1H3,(H,19,24)(H,20,21)/t12-/m1/s1. The Labute approximate surface area is 151 Å². The third-order valence-corrected chi connectivity index (χ3v) is 5.23. The summed E-state index contributed by atoms with van der Waals surface area (Å²) >= 11 is 0. The molecule has 26 heavy (non-hydrogen) atoms. The van der Waals surface area contributed by atoms with Gasteiger partial charge in [-0.15, -0.1) is 0 Å². The lowest BCUT2D eigenvalue weighted by atomic mass is 9.97. The topological polar surface area (TPSA) is 104 Å². The normalized spacial score (nSPS) is 19.4. The molecule has 3 heterocycles. The molecule has 0 radical (unpaired) electrons. The number of aromatic amines is 1. The van der Waals surface area contributed by atoms with E-state index in [-0.39, 0.29) is 17.7 Å². The summed E-state index contributed by atoms with van der Waals surface area (Å²) in [5.41, 5.74) is 3.07. The van der Waals surface area contributed by atoms with Crippen molar-refractivity contribution in [2.75, 3.05) is 19.6 Å². The molecular formula is C18H23N5O3. The number of rotatable bonds is 4. The first-order valence-electron chi connectivity index (χ1n) is 9.18. The van der Waals surface area contributed by atoms with Gasteiger partial charge >= 0.3 is 0 Å². The molecule has 0 aromatic carbocycles. The number of amides is 2. The van der Waals surface area contributed by atoms with Crippen molar-refractivity contribution in [3.8, 4) is 0 Å². The maximum atomic E-state index is 12.9. The summed E-state index contributed by atoms with van der Waals surface area (Å²) in [5, 5.41) is 13.9. The van der Waals surface area contributed by atoms with Crippen molar-refractivity contribution in [1.82, 2.24) is 25.6 Å². The lowest BCUT2D eigenvalue weighted by Crippen LogP contribution is -2.44. The lowest BCUT2D eigenvalue weighted by Gasteiger charge is -2.32. The first-order chi connectivity index (χ1) is 12.6. The van der Waals surface area contributed by atoms with Gasteiger partial charge < -0.3 is 14.7 Å². The molecule has 0 saturated carbocycles. The Morgan fingerprint density at radius 3 is 3.08 bits per heavy atom. The number of hydrogen-bond acceptors (Lipinski definition) is 5. The number of nitrogens with one attached hydrogen (secondary N) is 2. The largest absolute Gasteiger partial charge is 0.361 e. The van der Waals surface area contributed by atoms with Gasteiger partial charge in [-0.3, -0.25) is 14.7 Å². The number of nitrogens with zero attached hydrogens (tertiary/aromatic N) is 3. The first kappa shape index (κ1) is 16.8. The molecule has 8 nitrogen and oxygen atoms in total. The van der Waals surface area contributed by atoms with Crippen molar-refractivity contribution in [3.63, 3.8) is 0 Å². The van der Waals surface area contributed by atoms with E-state index in [9.17, 15) is 9.59 Å². The fourth-order valence-electron chi connectivity index (χ4n) is 3.86. The summed E-state index contributed by atoms with van der Waals surface area (Å²) in [4.78, 5) is 26.8. The van der Waals surface area contributed by atoms with Gasteiger partial charge in [0.15, 0.2) is 11.4 Å². The van der Waals surface area contributed by atoms with Gasteiger partial charge in [0.25, 0.3) is 11.8 Å². The minimum atomic E-state index is -0.240. The smallest absolute Gasteiger partial charge is 0.274 e. The highest BCUT2D eigenvalue weighted by molar-refractivity contribution is 5.94. The summed E-state index contributed by atoms with van der Waals surface area (Å²) < 4.78 is 4.93. The Bertz CT molecular complexity index is 825. The minimum Gasteiger partial charge on any atom is -0.361 e. The third kappa shape index (κ3) is 3.23. The molecule has 1 saturated heterocycles. The van der Waals surface area contributed by atoms with E-state index >= 15 is 0 Å². The number of fused-ring (bicyclic) bond motifs is 1. The molecule has 1 aliphatic heterocycles. The molecule has 0 spiro atoms. The van der Waals surface area contributed by atoms with Gasteiger partial charge in [-0.2, -0.15) is 5.10 Å². The highest BCUT2D eigenvalue weighted by atomic mass is 16.5. The highest BCUT2D eigenvalue weighted by Crippen LogP contribution is 2.25. The predicted octanol–water partition coefficient (Wildman–Crippen LogP) is 1.48. The molecule has 1 fully saturated rings. The maximum absolute atomic E-state index is 12.9. The maximum Gasteiger partial charge on any atom is 0.274 e. The summed E-state index contributed by atoms with van der Waals surface area (Å²) in [6.07, 6.45) is 4.91. The zero-order valence-electron chi connectivity index (χ0n) is 14.9. The number of hydrogen-bond donors (Lipinski definition) is 2. The van der Waals surface area contributed by atoms with E-state index in [1.807, 2.05) is 4.90 Å². The Balaban J connectivity index is 1.35. The molecule has 0 bridgehead atoms. The zero-order valence-corrected chi connectivity index (χ0v) is 14.9. The summed E-state index contributed by atoms with van der Waals surface area (Å²) in [6, 6.07) is 1.62. The van der Waals surface area contributed by atoms with E-state index in [1.54, 1.807) is 13.0 Å². The average Bonchev–Trinajstić information content (AvgIpc) is 3.36. The predicted molar refractivity (Wildman–Crippen MR) is 92.8 cm³/mol. The van der Waals surface area contributed by atoms with Gasteiger partial charge in [-0.05, 0) is 44.9 Å². The Kier molecular flexibility index (Phi) is 4.48. The van der Waals surface area contributed by atoms with Crippen LogP contribution in [0.1, 0.15) is 57.3 Å². The minimum absolute atomic E-state index is 0.00699. The van der Waals surface area contributed by atoms with E-state index in [1.165, 1.54) is 0 Å². The van der Waals surface area contributed by atoms with Crippen LogP contribution in [-0.4, -0.2) is 51.7 Å². The van der Waals surface area contributed by atoms with Crippen LogP contribution in [0.5, 0.6) is 0 Å². The van der Waals surface area contributed by atoms with Crippen molar-refractivity contribution in [2.24, 2.45) is 5.92 Å². The van der Waals surface area contributed by atoms with E-state index in [0.29, 0.717) is 30.2 Å². The van der Waals surface area contributed by atoms with Crippen molar-refractivity contribution >= 4 is 11.8 Å². The number of aromatic nitrogens is 3. The number of aryl methyl sites for hydroxylation is 2. The SMILES string of the molecule is Cc1cc(C(=O)NC[C@H]2CCCN(C(=O)c3n[nH]c4c3CCC4)C2)no1. The second-order valence-electron chi connectivity index (χ2n) is 7.18. The fourth-order valence-corrected chi connectivity index (χ4v) is 3.86. The fraction of sp³-hybridized carbons (Fsp3) is 0.556. The molecule has 2 amide bonds. The Morgan fingerprint density at radius 1 is 1.38 bits per heavy atom. The number of piperidine rings is 1. The van der Waals surface area contributed by atoms with Gasteiger partial charge in [0.05, 0.1) is 0 Å². The van der Waals surface area contributed by atoms with Crippen LogP contribution in [0.15, 0.2) is 10.6 Å². The molecule has 8 heteroatoms. The number of H-pyrrole nitrogens is 1. The first-order valence-corrected chi connectivity index (χ1v) is 9.18. The molecule has 1 atom stereocenters. The quantitative estimate of drug-likeness (QED) is 0.862. The summed E-state index contributed by atoms with van der Waals surface area (Å²) in [6.45, 7) is 3.65. The van der Waals surface area contributed by atoms with Crippen LogP contribution in [0.25, 0.3) is 0 Å². The van der Waals surface area contributed by atoms with Crippen LogP contribution in [0.3, 0.4) is 0 Å². The molecule has 0 unspecified atom stereocenters. The molecule has 1 aliphatic carbocycles. The van der Waals surface area contributed by atoms with Crippen molar-refractivity contribution in [2.45, 2.75) is 39.0 Å². The molecule has 138 valence electrons. The average molecular weight is 357 g/mol. The zero-order chi connectivity index (χ0) is 18.1. The molecule has 4 rings (SSSR count). The van der Waals surface area contributed by atoms with Gasteiger partial charge in [0, 0.05) is 37.0 Å². The van der Waals surface area contributed by atoms with Gasteiger partial charge in [0.1, 0.15) is 5.76 Å². The monoisotopic (exact) mass is 357 g/mol. The van der Waals surface area contributed by atoms with Crippen LogP contribution in [-0.2, 0) is 12.8 Å². The van der Waals surface area contributed by atoms with Crippen LogP contribution >= 0.6 is 0 Å². The van der Waals surface area contributed by atoms with E-state index < -0.39 is 0 Å². The molecular weight excluding hydrogens is 334 g/mol. The van der Waals surface area contributed by atoms with Crippen LogP contribution in [0.2, 0.25) is 0 Å². The Hall–Kier alpha value is -2.64. The molecule has 2 aromatic rings. The van der Waals surface area contributed by atoms with Crippen molar-refractivity contribution < 1.29 is 14.1 Å². The van der Waals surface area contributed by atoms with Crippen LogP contribution < -0.4 is 5.32 Å². The second-order valence-corrected chi connectivity index (χ2v) is 7.18. The van der Waals surface area contributed by atoms with Crippen LogP contribution in [0.4, 0.5) is 0 Å². The number of carbonyl (C=O) groups is 2. The Morgan fingerprint density at radius 2 is 2.27 bits per heavy atom. The van der Waals surface area contributed by atoms with Crippen molar-refractivity contribution in [3.05, 3.63) is 34.5 Å². The molecule has 2 aliphatic rings. The lowest BCUT2D eigenvalue weighted by molar-refractivity contribution is 0.0663. The summed E-state index contributed by atoms with van der Waals surface area (Å²) in [5.74, 6) is 0.607.